The lowest BCUT2D eigenvalue weighted by Gasteiger charge is -2.28. The van der Waals surface area contributed by atoms with Crippen LogP contribution >= 0.6 is 0 Å². The minimum Gasteiger partial charge on any atom is -0.329 e. The molecular formula is C35H46N4O. The molecule has 0 fully saturated rings. The summed E-state index contributed by atoms with van der Waals surface area (Å²) < 4.78 is 2.23. The monoisotopic (exact) mass is 538 g/mol. The first-order valence-corrected chi connectivity index (χ1v) is 14.8. The van der Waals surface area contributed by atoms with Gasteiger partial charge in [0.05, 0.1) is 17.6 Å². The highest BCUT2D eigenvalue weighted by atomic mass is 16.2. The quantitative estimate of drug-likeness (QED) is 0.195. The van der Waals surface area contributed by atoms with Gasteiger partial charge in [0.1, 0.15) is 5.82 Å². The van der Waals surface area contributed by atoms with E-state index in [2.05, 4.69) is 106 Å². The van der Waals surface area contributed by atoms with Crippen LogP contribution in [0.3, 0.4) is 0 Å². The van der Waals surface area contributed by atoms with Crippen molar-refractivity contribution < 1.29 is 4.79 Å². The van der Waals surface area contributed by atoms with Gasteiger partial charge in [-0.15, -0.1) is 0 Å². The molecule has 0 aliphatic rings. The van der Waals surface area contributed by atoms with Crippen LogP contribution in [0.4, 0.5) is 0 Å². The van der Waals surface area contributed by atoms with E-state index in [0.717, 1.165) is 71.7 Å². The average molecular weight is 539 g/mol. The van der Waals surface area contributed by atoms with Gasteiger partial charge in [-0.05, 0) is 108 Å². The summed E-state index contributed by atoms with van der Waals surface area (Å²) in [5.41, 5.74) is 9.61. The molecule has 0 saturated carbocycles. The maximum absolute atomic E-state index is 14.0. The molecule has 0 spiro atoms. The van der Waals surface area contributed by atoms with Crippen molar-refractivity contribution in [2.45, 2.75) is 87.4 Å². The molecule has 1 heterocycles. The van der Waals surface area contributed by atoms with Gasteiger partial charge in [0.2, 0.25) is 0 Å². The van der Waals surface area contributed by atoms with Gasteiger partial charge in [-0.3, -0.25) is 14.3 Å². The highest BCUT2D eigenvalue weighted by Crippen LogP contribution is 2.27. The largest absolute Gasteiger partial charge is 0.329 e. The van der Waals surface area contributed by atoms with Gasteiger partial charge in [0.15, 0.2) is 0 Å². The van der Waals surface area contributed by atoms with Crippen LogP contribution in [0.2, 0.25) is 0 Å². The van der Waals surface area contributed by atoms with E-state index in [1.54, 1.807) is 0 Å². The molecule has 212 valence electrons. The third-order valence-electron chi connectivity index (χ3n) is 7.65. The number of hydrogen-bond donors (Lipinski definition) is 0. The molecule has 4 rings (SSSR count). The van der Waals surface area contributed by atoms with Gasteiger partial charge in [-0.1, -0.05) is 55.3 Å². The minimum absolute atomic E-state index is 0.0195. The predicted molar refractivity (Wildman–Crippen MR) is 167 cm³/mol. The summed E-state index contributed by atoms with van der Waals surface area (Å²) in [6.45, 7) is 20.5. The van der Waals surface area contributed by atoms with Crippen molar-refractivity contribution in [1.82, 2.24) is 19.4 Å². The number of rotatable bonds is 11. The topological polar surface area (TPSA) is 41.4 Å². The highest BCUT2D eigenvalue weighted by Gasteiger charge is 2.25. The van der Waals surface area contributed by atoms with Crippen molar-refractivity contribution in [3.63, 3.8) is 0 Å². The molecule has 0 saturated heterocycles. The fourth-order valence-electron chi connectivity index (χ4n) is 5.82. The fourth-order valence-corrected chi connectivity index (χ4v) is 5.82. The van der Waals surface area contributed by atoms with Crippen molar-refractivity contribution in [3.8, 4) is 5.69 Å². The summed E-state index contributed by atoms with van der Waals surface area (Å²) in [6.07, 6.45) is 2.29. The van der Waals surface area contributed by atoms with Crippen molar-refractivity contribution in [1.29, 1.82) is 0 Å². The summed E-state index contributed by atoms with van der Waals surface area (Å²) in [7, 11) is 0. The van der Waals surface area contributed by atoms with Crippen molar-refractivity contribution in [2.75, 3.05) is 13.1 Å². The van der Waals surface area contributed by atoms with Crippen LogP contribution in [-0.2, 0) is 13.1 Å². The van der Waals surface area contributed by atoms with E-state index in [1.165, 1.54) is 16.7 Å². The molecule has 0 radical (unpaired) electrons. The van der Waals surface area contributed by atoms with E-state index in [0.29, 0.717) is 6.54 Å². The number of carbonyl (C=O) groups is 1. The van der Waals surface area contributed by atoms with E-state index < -0.39 is 0 Å². The lowest BCUT2D eigenvalue weighted by Crippen LogP contribution is -2.38. The third-order valence-corrected chi connectivity index (χ3v) is 7.65. The molecule has 0 bridgehead atoms. The summed E-state index contributed by atoms with van der Waals surface area (Å²) in [5.74, 6) is 0.933. The third kappa shape index (κ3) is 6.47. The molecule has 3 aromatic carbocycles. The lowest BCUT2D eigenvalue weighted by molar-refractivity contribution is 0.0683. The molecular weight excluding hydrogens is 492 g/mol. The van der Waals surface area contributed by atoms with Crippen molar-refractivity contribution >= 4 is 16.9 Å². The second kappa shape index (κ2) is 12.8. The number of hydrogen-bond acceptors (Lipinski definition) is 3. The van der Waals surface area contributed by atoms with E-state index >= 15 is 0 Å². The summed E-state index contributed by atoms with van der Waals surface area (Å²) in [4.78, 5) is 23.7. The van der Waals surface area contributed by atoms with Crippen LogP contribution in [-0.4, -0.2) is 44.4 Å². The number of benzene rings is 3. The second-order valence-corrected chi connectivity index (χ2v) is 11.6. The van der Waals surface area contributed by atoms with Crippen molar-refractivity contribution in [2.24, 2.45) is 0 Å². The van der Waals surface area contributed by atoms with Crippen LogP contribution in [0, 0.1) is 27.7 Å². The van der Waals surface area contributed by atoms with E-state index in [9.17, 15) is 4.79 Å². The molecule has 5 heteroatoms. The summed E-state index contributed by atoms with van der Waals surface area (Å²) in [6, 6.07) is 19.5. The molecule has 0 unspecified atom stereocenters. The number of aromatic nitrogens is 2. The van der Waals surface area contributed by atoms with Gasteiger partial charge >= 0.3 is 0 Å². The normalized spacial score (nSPS) is 11.7. The highest BCUT2D eigenvalue weighted by molar-refractivity contribution is 5.97. The lowest BCUT2D eigenvalue weighted by atomic mass is 9.98. The first-order chi connectivity index (χ1) is 19.1. The van der Waals surface area contributed by atoms with Crippen LogP contribution in [0.1, 0.15) is 84.5 Å². The Morgan fingerprint density at radius 1 is 0.825 bits per heavy atom. The standard InChI is InChI=1S/C35H46N4O/c1-9-17-37(18-10-2)22-29-13-16-32-31(21-29)36-33(39(32)30-14-11-25(5)12-15-30)23-38(24(3)4)35(40)34-27(7)19-26(6)20-28(34)8/h11-16,19-21,24H,9-10,17-18,22-23H2,1-8H3. The fraction of sp³-hybridized carbons (Fsp3) is 0.429. The van der Waals surface area contributed by atoms with E-state index in [-0.39, 0.29) is 11.9 Å². The van der Waals surface area contributed by atoms with Crippen LogP contribution < -0.4 is 0 Å². The van der Waals surface area contributed by atoms with Gasteiger partial charge < -0.3 is 4.90 Å². The molecule has 40 heavy (non-hydrogen) atoms. The molecule has 0 atom stereocenters. The average Bonchev–Trinajstić information content (AvgIpc) is 3.24. The Balaban J connectivity index is 1.79. The van der Waals surface area contributed by atoms with Crippen LogP contribution in [0.15, 0.2) is 54.6 Å². The first kappa shape index (κ1) is 29.5. The Morgan fingerprint density at radius 2 is 1.45 bits per heavy atom. The van der Waals surface area contributed by atoms with Gasteiger partial charge in [-0.2, -0.15) is 0 Å². The van der Waals surface area contributed by atoms with Crippen LogP contribution in [0.25, 0.3) is 16.7 Å². The number of imidazole rings is 1. The second-order valence-electron chi connectivity index (χ2n) is 11.6. The Hall–Kier alpha value is -3.44. The summed E-state index contributed by atoms with van der Waals surface area (Å²) in [5, 5.41) is 0. The van der Waals surface area contributed by atoms with Crippen molar-refractivity contribution in [3.05, 3.63) is 93.8 Å². The number of aryl methyl sites for hydroxylation is 4. The molecule has 0 aliphatic carbocycles. The van der Waals surface area contributed by atoms with Crippen LogP contribution in [0.5, 0.6) is 0 Å². The molecule has 0 aliphatic heterocycles. The Morgan fingerprint density at radius 3 is 2.02 bits per heavy atom. The minimum atomic E-state index is 0.0195. The van der Waals surface area contributed by atoms with Gasteiger partial charge in [0, 0.05) is 23.8 Å². The maximum atomic E-state index is 14.0. The Labute approximate surface area is 240 Å². The van der Waals surface area contributed by atoms with E-state index in [1.807, 2.05) is 18.7 Å². The molecule has 5 nitrogen and oxygen atoms in total. The summed E-state index contributed by atoms with van der Waals surface area (Å²) >= 11 is 0. The zero-order chi connectivity index (χ0) is 29.0. The Kier molecular flexibility index (Phi) is 9.47. The number of carbonyl (C=O) groups excluding carboxylic acids is 1. The predicted octanol–water partition coefficient (Wildman–Crippen LogP) is 7.93. The maximum Gasteiger partial charge on any atom is 0.255 e. The number of nitrogens with zero attached hydrogens (tertiary/aromatic N) is 4. The molecule has 4 aromatic rings. The number of amides is 1. The van der Waals surface area contributed by atoms with E-state index in [4.69, 9.17) is 4.98 Å². The molecule has 1 aromatic heterocycles. The van der Waals surface area contributed by atoms with Gasteiger partial charge in [0.25, 0.3) is 5.91 Å². The molecule has 1 amide bonds. The van der Waals surface area contributed by atoms with Gasteiger partial charge in [-0.25, -0.2) is 4.98 Å². The number of fused-ring (bicyclic) bond motifs is 1. The smallest absolute Gasteiger partial charge is 0.255 e. The molecule has 0 N–H and O–H groups in total. The SMILES string of the molecule is CCCN(CCC)Cc1ccc2c(c1)nc(CN(C(=O)c1c(C)cc(C)cc1C)C(C)C)n2-c1ccc(C)cc1. The first-order valence-electron chi connectivity index (χ1n) is 14.8. The zero-order valence-corrected chi connectivity index (χ0v) is 25.7. The Bertz CT molecular complexity index is 1440. The zero-order valence-electron chi connectivity index (χ0n) is 25.7.